The maximum atomic E-state index is 13.3. The lowest BCUT2D eigenvalue weighted by Gasteiger charge is -2.19. The van der Waals surface area contributed by atoms with Crippen molar-refractivity contribution in [2.24, 2.45) is 0 Å². The molecule has 0 aliphatic carbocycles. The van der Waals surface area contributed by atoms with Gasteiger partial charge in [0.1, 0.15) is 0 Å². The molecule has 0 unspecified atom stereocenters. The van der Waals surface area contributed by atoms with Crippen molar-refractivity contribution in [1.82, 2.24) is 14.8 Å². The summed E-state index contributed by atoms with van der Waals surface area (Å²) in [6.45, 7) is 7.32. The Balaban J connectivity index is 1.78. The monoisotopic (exact) mass is 390 g/mol. The van der Waals surface area contributed by atoms with Gasteiger partial charge in [0.2, 0.25) is 0 Å². The van der Waals surface area contributed by atoms with Gasteiger partial charge >= 0.3 is 0 Å². The SMILES string of the molecule is CCn1ccc(C(=O)N(Cc2ccccc2)c2nc3c(C)cc(C)cc3s2)n1. The van der Waals surface area contributed by atoms with Gasteiger partial charge in [-0.05, 0) is 49.6 Å². The fraction of sp³-hybridized carbons (Fsp3) is 0.227. The highest BCUT2D eigenvalue weighted by Crippen LogP contribution is 2.33. The zero-order valence-corrected chi connectivity index (χ0v) is 17.0. The second-order valence-corrected chi connectivity index (χ2v) is 7.87. The molecule has 1 amide bonds. The largest absolute Gasteiger partial charge is 0.280 e. The molecular formula is C22H22N4OS. The van der Waals surface area contributed by atoms with Gasteiger partial charge in [-0.3, -0.25) is 14.4 Å². The Morgan fingerprint density at radius 2 is 1.93 bits per heavy atom. The summed E-state index contributed by atoms with van der Waals surface area (Å²) < 4.78 is 2.86. The summed E-state index contributed by atoms with van der Waals surface area (Å²) in [5.74, 6) is -0.135. The maximum Gasteiger partial charge on any atom is 0.280 e. The average molecular weight is 391 g/mol. The number of carbonyl (C=O) groups excluding carboxylic acids is 1. The van der Waals surface area contributed by atoms with Crippen molar-refractivity contribution in [1.29, 1.82) is 0 Å². The third kappa shape index (κ3) is 3.55. The predicted molar refractivity (Wildman–Crippen MR) is 114 cm³/mol. The van der Waals surface area contributed by atoms with E-state index in [4.69, 9.17) is 4.98 Å². The standard InChI is InChI=1S/C22H22N4OS/c1-4-25-11-10-18(24-25)21(27)26(14-17-8-6-5-7-9-17)22-23-20-16(3)12-15(2)13-19(20)28-22/h5-13H,4,14H2,1-3H3. The van der Waals surface area contributed by atoms with Gasteiger partial charge in [0, 0.05) is 12.7 Å². The van der Waals surface area contributed by atoms with Crippen LogP contribution in [-0.2, 0) is 13.1 Å². The van der Waals surface area contributed by atoms with Crippen LogP contribution >= 0.6 is 11.3 Å². The van der Waals surface area contributed by atoms with E-state index in [0.717, 1.165) is 27.9 Å². The molecule has 0 N–H and O–H groups in total. The summed E-state index contributed by atoms with van der Waals surface area (Å²) >= 11 is 1.55. The van der Waals surface area contributed by atoms with Crippen molar-refractivity contribution >= 4 is 32.6 Å². The third-order valence-electron chi connectivity index (χ3n) is 4.66. The van der Waals surface area contributed by atoms with Crippen molar-refractivity contribution in [3.8, 4) is 0 Å². The number of amides is 1. The number of thiazole rings is 1. The second-order valence-electron chi connectivity index (χ2n) is 6.86. The van der Waals surface area contributed by atoms with E-state index in [-0.39, 0.29) is 5.91 Å². The van der Waals surface area contributed by atoms with E-state index in [0.29, 0.717) is 17.4 Å². The number of rotatable bonds is 5. The molecule has 0 bridgehead atoms. The molecule has 28 heavy (non-hydrogen) atoms. The van der Waals surface area contributed by atoms with Crippen LogP contribution in [0.25, 0.3) is 10.2 Å². The highest BCUT2D eigenvalue weighted by Gasteiger charge is 2.24. The van der Waals surface area contributed by atoms with Crippen molar-refractivity contribution < 1.29 is 4.79 Å². The van der Waals surface area contributed by atoms with E-state index in [1.54, 1.807) is 27.0 Å². The molecule has 2 aromatic heterocycles. The van der Waals surface area contributed by atoms with Crippen LogP contribution in [0.3, 0.4) is 0 Å². The third-order valence-corrected chi connectivity index (χ3v) is 5.69. The first-order chi connectivity index (χ1) is 13.5. The molecule has 0 fully saturated rings. The quantitative estimate of drug-likeness (QED) is 0.483. The van der Waals surface area contributed by atoms with Gasteiger partial charge in [-0.1, -0.05) is 47.7 Å². The molecule has 0 saturated heterocycles. The summed E-state index contributed by atoms with van der Waals surface area (Å²) in [5, 5.41) is 5.10. The number of anilines is 1. The number of nitrogens with zero attached hydrogens (tertiary/aromatic N) is 4. The molecule has 5 nitrogen and oxygen atoms in total. The molecule has 4 aromatic rings. The van der Waals surface area contributed by atoms with Gasteiger partial charge < -0.3 is 0 Å². The lowest BCUT2D eigenvalue weighted by atomic mass is 10.1. The molecule has 0 radical (unpaired) electrons. The Labute approximate surface area is 168 Å². The topological polar surface area (TPSA) is 51.0 Å². The van der Waals surface area contributed by atoms with E-state index >= 15 is 0 Å². The van der Waals surface area contributed by atoms with Crippen LogP contribution in [-0.4, -0.2) is 20.7 Å². The number of hydrogen-bond acceptors (Lipinski definition) is 4. The van der Waals surface area contributed by atoms with Crippen LogP contribution in [0.15, 0.2) is 54.7 Å². The molecule has 142 valence electrons. The zero-order valence-electron chi connectivity index (χ0n) is 16.2. The van der Waals surface area contributed by atoms with Gasteiger partial charge in [0.05, 0.1) is 16.8 Å². The minimum absolute atomic E-state index is 0.135. The molecular weight excluding hydrogens is 368 g/mol. The van der Waals surface area contributed by atoms with Crippen LogP contribution in [0.5, 0.6) is 0 Å². The summed E-state index contributed by atoms with van der Waals surface area (Å²) in [4.78, 5) is 19.9. The summed E-state index contributed by atoms with van der Waals surface area (Å²) in [6, 6.07) is 16.0. The van der Waals surface area contributed by atoms with Gasteiger partial charge in [-0.2, -0.15) is 5.10 Å². The first-order valence-corrected chi connectivity index (χ1v) is 10.1. The van der Waals surface area contributed by atoms with E-state index in [2.05, 4.69) is 31.1 Å². The molecule has 2 heterocycles. The van der Waals surface area contributed by atoms with E-state index in [1.807, 2.05) is 43.5 Å². The van der Waals surface area contributed by atoms with Crippen LogP contribution in [0.2, 0.25) is 0 Å². The number of aromatic nitrogens is 3. The molecule has 0 aliphatic heterocycles. The summed E-state index contributed by atoms with van der Waals surface area (Å²) in [7, 11) is 0. The van der Waals surface area contributed by atoms with Gasteiger partial charge in [-0.15, -0.1) is 0 Å². The average Bonchev–Trinajstić information content (AvgIpc) is 3.33. The predicted octanol–water partition coefficient (Wildman–Crippen LogP) is 4.98. The fourth-order valence-corrected chi connectivity index (χ4v) is 4.40. The molecule has 4 rings (SSSR count). The van der Waals surface area contributed by atoms with Crippen LogP contribution in [0, 0.1) is 13.8 Å². The van der Waals surface area contributed by atoms with Gasteiger partial charge in [0.15, 0.2) is 10.8 Å². The number of aryl methyl sites for hydroxylation is 3. The number of hydrogen-bond donors (Lipinski definition) is 0. The number of fused-ring (bicyclic) bond motifs is 1. The van der Waals surface area contributed by atoms with Crippen molar-refractivity contribution in [3.63, 3.8) is 0 Å². The van der Waals surface area contributed by atoms with Crippen molar-refractivity contribution in [2.75, 3.05) is 4.90 Å². The minimum Gasteiger partial charge on any atom is -0.278 e. The molecule has 6 heteroatoms. The van der Waals surface area contributed by atoms with Crippen LogP contribution in [0.4, 0.5) is 5.13 Å². The van der Waals surface area contributed by atoms with E-state index in [9.17, 15) is 4.79 Å². The van der Waals surface area contributed by atoms with Gasteiger partial charge in [-0.25, -0.2) is 4.98 Å². The highest BCUT2D eigenvalue weighted by molar-refractivity contribution is 7.22. The maximum absolute atomic E-state index is 13.3. The van der Waals surface area contributed by atoms with Gasteiger partial charge in [0.25, 0.3) is 5.91 Å². The van der Waals surface area contributed by atoms with E-state index in [1.165, 1.54) is 5.56 Å². The Hall–Kier alpha value is -2.99. The number of carbonyl (C=O) groups is 1. The number of benzene rings is 2. The molecule has 2 aromatic carbocycles. The Morgan fingerprint density at radius 1 is 1.14 bits per heavy atom. The summed E-state index contributed by atoms with van der Waals surface area (Å²) in [5.41, 5.74) is 4.76. The second kappa shape index (κ2) is 7.56. The van der Waals surface area contributed by atoms with Crippen LogP contribution < -0.4 is 4.90 Å². The van der Waals surface area contributed by atoms with Crippen LogP contribution in [0.1, 0.15) is 34.1 Å². The molecule has 0 saturated carbocycles. The van der Waals surface area contributed by atoms with E-state index < -0.39 is 0 Å². The first kappa shape index (κ1) is 18.4. The highest BCUT2D eigenvalue weighted by atomic mass is 32.1. The first-order valence-electron chi connectivity index (χ1n) is 9.32. The lowest BCUT2D eigenvalue weighted by Crippen LogP contribution is -2.30. The summed E-state index contributed by atoms with van der Waals surface area (Å²) in [6.07, 6.45) is 1.83. The Kier molecular flexibility index (Phi) is 4.96. The fourth-order valence-electron chi connectivity index (χ4n) is 3.26. The smallest absolute Gasteiger partial charge is 0.278 e. The van der Waals surface area contributed by atoms with Crippen molar-refractivity contribution in [3.05, 3.63) is 77.1 Å². The normalized spacial score (nSPS) is 11.1. The lowest BCUT2D eigenvalue weighted by molar-refractivity contribution is 0.0979. The van der Waals surface area contributed by atoms with Crippen molar-refractivity contribution in [2.45, 2.75) is 33.9 Å². The Bertz CT molecular complexity index is 1130. The molecule has 0 atom stereocenters. The minimum atomic E-state index is -0.135. The molecule has 0 spiro atoms. The Morgan fingerprint density at radius 3 is 2.64 bits per heavy atom. The zero-order chi connectivity index (χ0) is 19.7. The molecule has 0 aliphatic rings.